The highest BCUT2D eigenvalue weighted by Gasteiger charge is 2.09. The molecule has 164 valence electrons. The smallest absolute Gasteiger partial charge is 0.193 e. The molecule has 0 saturated carbocycles. The first-order valence-corrected chi connectivity index (χ1v) is 10.9. The van der Waals surface area contributed by atoms with Crippen LogP contribution in [0.15, 0.2) is 88.2 Å². The SMILES string of the molecule is O=c1cc(-c2ccc(OCc3cn(Cc4cc(Cl)ccc4Cl)nn3)cc2)oc2ccccc12. The topological polar surface area (TPSA) is 70.2 Å². The quantitative estimate of drug-likeness (QED) is 0.300. The van der Waals surface area contributed by atoms with Crippen molar-refractivity contribution in [2.24, 2.45) is 0 Å². The van der Waals surface area contributed by atoms with Crippen molar-refractivity contribution in [2.45, 2.75) is 13.2 Å². The molecule has 6 nitrogen and oxygen atoms in total. The molecule has 3 aromatic carbocycles. The van der Waals surface area contributed by atoms with Crippen LogP contribution >= 0.6 is 23.2 Å². The summed E-state index contributed by atoms with van der Waals surface area (Å²) in [5.41, 5.74) is 2.81. The molecule has 2 aromatic heterocycles. The summed E-state index contributed by atoms with van der Waals surface area (Å²) in [5.74, 6) is 1.17. The van der Waals surface area contributed by atoms with Crippen LogP contribution in [-0.4, -0.2) is 15.0 Å². The second-order valence-electron chi connectivity index (χ2n) is 7.43. The van der Waals surface area contributed by atoms with E-state index in [0.29, 0.717) is 44.8 Å². The Balaban J connectivity index is 1.25. The predicted molar refractivity (Wildman–Crippen MR) is 128 cm³/mol. The number of nitrogens with zero attached hydrogens (tertiary/aromatic N) is 3. The van der Waals surface area contributed by atoms with E-state index in [9.17, 15) is 4.79 Å². The molecule has 0 aliphatic rings. The zero-order valence-corrected chi connectivity index (χ0v) is 18.8. The van der Waals surface area contributed by atoms with Crippen LogP contribution in [0.4, 0.5) is 0 Å². The van der Waals surface area contributed by atoms with Gasteiger partial charge in [-0.1, -0.05) is 40.5 Å². The summed E-state index contributed by atoms with van der Waals surface area (Å²) < 4.78 is 13.4. The molecule has 0 amide bonds. The van der Waals surface area contributed by atoms with Gasteiger partial charge < -0.3 is 9.15 Å². The molecule has 0 atom stereocenters. The molecule has 0 radical (unpaired) electrons. The standard InChI is InChI=1S/C25H17Cl2N3O3/c26-18-7-10-22(27)17(11-18)13-30-14-19(28-29-30)15-32-20-8-5-16(6-9-20)25-12-23(31)21-3-1-2-4-24(21)33-25/h1-12,14H,13,15H2. The lowest BCUT2D eigenvalue weighted by Crippen LogP contribution is -2.01. The Morgan fingerprint density at radius 1 is 0.970 bits per heavy atom. The lowest BCUT2D eigenvalue weighted by Gasteiger charge is -2.06. The van der Waals surface area contributed by atoms with Crippen LogP contribution in [0.25, 0.3) is 22.3 Å². The van der Waals surface area contributed by atoms with Gasteiger partial charge in [-0.3, -0.25) is 4.79 Å². The van der Waals surface area contributed by atoms with Gasteiger partial charge in [0.1, 0.15) is 29.4 Å². The van der Waals surface area contributed by atoms with E-state index in [1.54, 1.807) is 41.2 Å². The third kappa shape index (κ3) is 4.77. The molecule has 5 rings (SSSR count). The van der Waals surface area contributed by atoms with Gasteiger partial charge in [-0.25, -0.2) is 4.68 Å². The number of benzene rings is 3. The van der Waals surface area contributed by atoms with Crippen molar-refractivity contribution in [3.05, 3.63) is 111 Å². The highest BCUT2D eigenvalue weighted by molar-refractivity contribution is 6.33. The minimum atomic E-state index is -0.0747. The van der Waals surface area contributed by atoms with E-state index in [1.807, 2.05) is 36.4 Å². The lowest BCUT2D eigenvalue weighted by molar-refractivity contribution is 0.301. The number of hydrogen-bond donors (Lipinski definition) is 0. The molecule has 5 aromatic rings. The number of para-hydroxylation sites is 1. The van der Waals surface area contributed by atoms with Gasteiger partial charge in [-0.05, 0) is 60.2 Å². The molecule has 0 fully saturated rings. The van der Waals surface area contributed by atoms with Crippen LogP contribution in [0, 0.1) is 0 Å². The Morgan fingerprint density at radius 2 is 1.79 bits per heavy atom. The average Bonchev–Trinajstić information content (AvgIpc) is 3.28. The van der Waals surface area contributed by atoms with E-state index in [-0.39, 0.29) is 12.0 Å². The van der Waals surface area contributed by atoms with Crippen molar-refractivity contribution >= 4 is 34.2 Å². The fraction of sp³-hybridized carbons (Fsp3) is 0.0800. The summed E-state index contributed by atoms with van der Waals surface area (Å²) in [6.07, 6.45) is 1.80. The monoisotopic (exact) mass is 477 g/mol. The third-order valence-corrected chi connectivity index (χ3v) is 5.69. The van der Waals surface area contributed by atoms with Gasteiger partial charge in [0.2, 0.25) is 0 Å². The number of halogens is 2. The maximum atomic E-state index is 12.3. The summed E-state index contributed by atoms with van der Waals surface area (Å²) in [7, 11) is 0. The van der Waals surface area contributed by atoms with Crippen LogP contribution in [0.3, 0.4) is 0 Å². The molecule has 0 saturated heterocycles. The van der Waals surface area contributed by atoms with E-state index < -0.39 is 0 Å². The van der Waals surface area contributed by atoms with Gasteiger partial charge >= 0.3 is 0 Å². The fourth-order valence-electron chi connectivity index (χ4n) is 3.44. The maximum absolute atomic E-state index is 12.3. The van der Waals surface area contributed by atoms with Crippen molar-refractivity contribution in [2.75, 3.05) is 0 Å². The van der Waals surface area contributed by atoms with Crippen molar-refractivity contribution in [3.63, 3.8) is 0 Å². The number of aromatic nitrogens is 3. The van der Waals surface area contributed by atoms with Crippen LogP contribution in [0.2, 0.25) is 10.0 Å². The normalized spacial score (nSPS) is 11.1. The Hall–Kier alpha value is -3.61. The summed E-state index contributed by atoms with van der Waals surface area (Å²) in [4.78, 5) is 12.3. The molecule has 0 aliphatic carbocycles. The second kappa shape index (κ2) is 9.10. The van der Waals surface area contributed by atoms with Crippen molar-refractivity contribution in [1.82, 2.24) is 15.0 Å². The number of ether oxygens (including phenoxy) is 1. The minimum Gasteiger partial charge on any atom is -0.487 e. The summed E-state index contributed by atoms with van der Waals surface area (Å²) >= 11 is 12.3. The molecule has 0 bridgehead atoms. The molecular formula is C25H17Cl2N3O3. The fourth-order valence-corrected chi connectivity index (χ4v) is 3.81. The first-order chi connectivity index (χ1) is 16.0. The largest absolute Gasteiger partial charge is 0.487 e. The highest BCUT2D eigenvalue weighted by Crippen LogP contribution is 2.25. The van der Waals surface area contributed by atoms with Gasteiger partial charge in [0.15, 0.2) is 5.43 Å². The molecule has 8 heteroatoms. The Labute approximate surface area is 198 Å². The van der Waals surface area contributed by atoms with Gasteiger partial charge in [0.25, 0.3) is 0 Å². The van der Waals surface area contributed by atoms with E-state index in [2.05, 4.69) is 10.3 Å². The summed E-state index contributed by atoms with van der Waals surface area (Å²) in [6.45, 7) is 0.714. The van der Waals surface area contributed by atoms with Gasteiger partial charge in [-0.2, -0.15) is 0 Å². The summed E-state index contributed by atoms with van der Waals surface area (Å²) in [6, 6.07) is 21.3. The number of hydrogen-bond acceptors (Lipinski definition) is 5. The maximum Gasteiger partial charge on any atom is 0.193 e. The van der Waals surface area contributed by atoms with Crippen LogP contribution in [-0.2, 0) is 13.2 Å². The van der Waals surface area contributed by atoms with Gasteiger partial charge in [0.05, 0.1) is 18.1 Å². The van der Waals surface area contributed by atoms with Crippen molar-refractivity contribution < 1.29 is 9.15 Å². The summed E-state index contributed by atoms with van der Waals surface area (Å²) in [5, 5.41) is 10.1. The molecule has 33 heavy (non-hydrogen) atoms. The van der Waals surface area contributed by atoms with Gasteiger partial charge in [0, 0.05) is 21.7 Å². The second-order valence-corrected chi connectivity index (χ2v) is 8.27. The zero-order chi connectivity index (χ0) is 22.8. The minimum absolute atomic E-state index is 0.0747. The number of rotatable bonds is 6. The molecule has 0 unspecified atom stereocenters. The zero-order valence-electron chi connectivity index (χ0n) is 17.2. The van der Waals surface area contributed by atoms with E-state index in [0.717, 1.165) is 11.1 Å². The molecular weight excluding hydrogens is 461 g/mol. The highest BCUT2D eigenvalue weighted by atomic mass is 35.5. The van der Waals surface area contributed by atoms with E-state index in [1.165, 1.54) is 6.07 Å². The lowest BCUT2D eigenvalue weighted by atomic mass is 10.1. The Morgan fingerprint density at radius 3 is 2.64 bits per heavy atom. The number of fused-ring (bicyclic) bond motifs is 1. The molecule has 2 heterocycles. The third-order valence-electron chi connectivity index (χ3n) is 5.09. The Bertz CT molecular complexity index is 1490. The van der Waals surface area contributed by atoms with Crippen molar-refractivity contribution in [1.29, 1.82) is 0 Å². The molecule has 0 aliphatic heterocycles. The Kier molecular flexibility index (Phi) is 5.86. The van der Waals surface area contributed by atoms with E-state index >= 15 is 0 Å². The van der Waals surface area contributed by atoms with Crippen LogP contribution < -0.4 is 10.2 Å². The van der Waals surface area contributed by atoms with Gasteiger partial charge in [-0.15, -0.1) is 5.10 Å². The van der Waals surface area contributed by atoms with Crippen LogP contribution in [0.1, 0.15) is 11.3 Å². The molecule has 0 N–H and O–H groups in total. The van der Waals surface area contributed by atoms with Crippen molar-refractivity contribution in [3.8, 4) is 17.1 Å². The molecule has 0 spiro atoms. The van der Waals surface area contributed by atoms with Crippen LogP contribution in [0.5, 0.6) is 5.75 Å². The first-order valence-electron chi connectivity index (χ1n) is 10.1. The predicted octanol–water partition coefficient (Wildman–Crippen LogP) is 5.99. The average molecular weight is 478 g/mol. The first kappa shape index (κ1) is 21.2. The van der Waals surface area contributed by atoms with E-state index in [4.69, 9.17) is 32.4 Å².